The molecule has 0 radical (unpaired) electrons. The van der Waals surface area contributed by atoms with Crippen LogP contribution in [0, 0.1) is 5.41 Å². The first kappa shape index (κ1) is 15.1. The lowest BCUT2D eigenvalue weighted by Crippen LogP contribution is -2.37. The molecule has 20 heavy (non-hydrogen) atoms. The van der Waals surface area contributed by atoms with Crippen LogP contribution in [0.4, 0.5) is 11.8 Å². The van der Waals surface area contributed by atoms with Crippen molar-refractivity contribution in [3.05, 3.63) is 12.3 Å². The third-order valence-corrected chi connectivity index (χ3v) is 4.39. The molecule has 1 N–H and O–H groups in total. The van der Waals surface area contributed by atoms with Gasteiger partial charge in [0, 0.05) is 25.8 Å². The first-order valence-corrected chi connectivity index (χ1v) is 7.81. The van der Waals surface area contributed by atoms with Gasteiger partial charge in [-0.15, -0.1) is 0 Å². The van der Waals surface area contributed by atoms with Gasteiger partial charge >= 0.3 is 0 Å². The molecule has 1 heterocycles. The molecular weight excluding hydrogens is 248 g/mol. The summed E-state index contributed by atoms with van der Waals surface area (Å²) in [5.74, 6) is 1.77. The molecular formula is C16H28N4. The maximum absolute atomic E-state index is 4.63. The van der Waals surface area contributed by atoms with E-state index in [0.29, 0.717) is 11.5 Å². The Morgan fingerprint density at radius 3 is 2.70 bits per heavy atom. The SMILES string of the molecule is CCCNc1nccc(N(C)C2CCC(C)(C)CC2)n1. The molecule has 0 aliphatic heterocycles. The molecule has 0 atom stereocenters. The summed E-state index contributed by atoms with van der Waals surface area (Å²) < 4.78 is 0. The molecule has 1 aliphatic rings. The first-order chi connectivity index (χ1) is 9.52. The smallest absolute Gasteiger partial charge is 0.224 e. The lowest BCUT2D eigenvalue weighted by Gasteiger charge is -2.39. The van der Waals surface area contributed by atoms with Gasteiger partial charge in [0.25, 0.3) is 0 Å². The van der Waals surface area contributed by atoms with E-state index in [2.05, 4.69) is 48.0 Å². The quantitative estimate of drug-likeness (QED) is 0.890. The zero-order valence-electron chi connectivity index (χ0n) is 13.3. The highest BCUT2D eigenvalue weighted by Gasteiger charge is 2.29. The summed E-state index contributed by atoms with van der Waals surface area (Å²) in [6.07, 6.45) is 8.04. The van der Waals surface area contributed by atoms with E-state index in [1.54, 1.807) is 0 Å². The molecule has 0 spiro atoms. The van der Waals surface area contributed by atoms with Crippen LogP contribution in [0.2, 0.25) is 0 Å². The Bertz CT molecular complexity index is 420. The van der Waals surface area contributed by atoms with Crippen LogP contribution in [0.1, 0.15) is 52.9 Å². The normalized spacial score (nSPS) is 18.8. The maximum atomic E-state index is 4.63. The Morgan fingerprint density at radius 2 is 2.05 bits per heavy atom. The van der Waals surface area contributed by atoms with E-state index in [-0.39, 0.29) is 0 Å². The van der Waals surface area contributed by atoms with Gasteiger partial charge in [0.1, 0.15) is 5.82 Å². The van der Waals surface area contributed by atoms with Gasteiger partial charge in [-0.1, -0.05) is 20.8 Å². The van der Waals surface area contributed by atoms with Crippen LogP contribution in [0.15, 0.2) is 12.3 Å². The largest absolute Gasteiger partial charge is 0.357 e. The van der Waals surface area contributed by atoms with Crippen molar-refractivity contribution in [3.8, 4) is 0 Å². The van der Waals surface area contributed by atoms with Crippen molar-refractivity contribution in [2.75, 3.05) is 23.8 Å². The molecule has 1 aromatic rings. The standard InChI is InChI=1S/C16H28N4/c1-5-11-17-15-18-12-8-14(19-15)20(4)13-6-9-16(2,3)10-7-13/h8,12-13H,5-7,9-11H2,1-4H3,(H,17,18,19). The fourth-order valence-electron chi connectivity index (χ4n) is 2.83. The Labute approximate surface area is 123 Å². The maximum Gasteiger partial charge on any atom is 0.224 e. The molecule has 1 saturated carbocycles. The average Bonchev–Trinajstić information content (AvgIpc) is 2.45. The van der Waals surface area contributed by atoms with E-state index in [1.165, 1.54) is 25.7 Å². The van der Waals surface area contributed by atoms with Crippen LogP contribution in [-0.2, 0) is 0 Å². The summed E-state index contributed by atoms with van der Waals surface area (Å²) in [7, 11) is 2.16. The van der Waals surface area contributed by atoms with Crippen LogP contribution >= 0.6 is 0 Å². The fourth-order valence-corrected chi connectivity index (χ4v) is 2.83. The lowest BCUT2D eigenvalue weighted by atomic mass is 9.75. The predicted octanol–water partition coefficient (Wildman–Crippen LogP) is 3.70. The van der Waals surface area contributed by atoms with Gasteiger partial charge in [-0.25, -0.2) is 4.98 Å². The van der Waals surface area contributed by atoms with Crippen LogP contribution in [0.25, 0.3) is 0 Å². The van der Waals surface area contributed by atoms with Crippen molar-refractivity contribution in [1.82, 2.24) is 9.97 Å². The fraction of sp³-hybridized carbons (Fsp3) is 0.750. The molecule has 0 aromatic carbocycles. The highest BCUT2D eigenvalue weighted by atomic mass is 15.2. The van der Waals surface area contributed by atoms with Gasteiger partial charge in [-0.2, -0.15) is 4.98 Å². The summed E-state index contributed by atoms with van der Waals surface area (Å²) in [5.41, 5.74) is 0.511. The lowest BCUT2D eigenvalue weighted by molar-refractivity contribution is 0.222. The monoisotopic (exact) mass is 276 g/mol. The molecule has 1 aliphatic carbocycles. The molecule has 4 heteroatoms. The molecule has 0 bridgehead atoms. The predicted molar refractivity (Wildman–Crippen MR) is 85.3 cm³/mol. The van der Waals surface area contributed by atoms with Crippen molar-refractivity contribution in [3.63, 3.8) is 0 Å². The van der Waals surface area contributed by atoms with Crippen LogP contribution in [0.3, 0.4) is 0 Å². The van der Waals surface area contributed by atoms with Crippen molar-refractivity contribution in [1.29, 1.82) is 0 Å². The Kier molecular flexibility index (Phi) is 4.84. The van der Waals surface area contributed by atoms with Gasteiger partial charge in [-0.3, -0.25) is 0 Å². The summed E-state index contributed by atoms with van der Waals surface area (Å²) in [4.78, 5) is 11.2. The van der Waals surface area contributed by atoms with E-state index in [0.717, 1.165) is 24.7 Å². The number of hydrogen-bond acceptors (Lipinski definition) is 4. The highest BCUT2D eigenvalue weighted by molar-refractivity contribution is 5.42. The van der Waals surface area contributed by atoms with Gasteiger partial charge in [0.15, 0.2) is 0 Å². The van der Waals surface area contributed by atoms with Gasteiger partial charge in [0.2, 0.25) is 5.95 Å². The Hall–Kier alpha value is -1.32. The van der Waals surface area contributed by atoms with E-state index in [9.17, 15) is 0 Å². The minimum absolute atomic E-state index is 0.511. The van der Waals surface area contributed by atoms with E-state index >= 15 is 0 Å². The summed E-state index contributed by atoms with van der Waals surface area (Å²) in [5, 5.41) is 3.26. The van der Waals surface area contributed by atoms with Gasteiger partial charge < -0.3 is 10.2 Å². The van der Waals surface area contributed by atoms with Crippen molar-refractivity contribution >= 4 is 11.8 Å². The van der Waals surface area contributed by atoms with Crippen LogP contribution < -0.4 is 10.2 Å². The molecule has 1 fully saturated rings. The second-order valence-corrected chi connectivity index (χ2v) is 6.67. The molecule has 0 saturated heterocycles. The second-order valence-electron chi connectivity index (χ2n) is 6.67. The molecule has 112 valence electrons. The summed E-state index contributed by atoms with van der Waals surface area (Å²) in [6.45, 7) is 7.82. The molecule has 0 unspecified atom stereocenters. The van der Waals surface area contributed by atoms with E-state index in [1.807, 2.05) is 12.3 Å². The molecule has 1 aromatic heterocycles. The molecule has 0 amide bonds. The third kappa shape index (κ3) is 3.84. The number of rotatable bonds is 5. The number of nitrogens with zero attached hydrogens (tertiary/aromatic N) is 3. The number of anilines is 2. The second kappa shape index (κ2) is 6.42. The number of nitrogens with one attached hydrogen (secondary N) is 1. The van der Waals surface area contributed by atoms with E-state index in [4.69, 9.17) is 0 Å². The average molecular weight is 276 g/mol. The molecule has 4 nitrogen and oxygen atoms in total. The third-order valence-electron chi connectivity index (χ3n) is 4.39. The summed E-state index contributed by atoms with van der Waals surface area (Å²) >= 11 is 0. The Morgan fingerprint density at radius 1 is 1.35 bits per heavy atom. The van der Waals surface area contributed by atoms with E-state index < -0.39 is 0 Å². The van der Waals surface area contributed by atoms with Gasteiger partial charge in [0.05, 0.1) is 0 Å². The zero-order chi connectivity index (χ0) is 14.6. The van der Waals surface area contributed by atoms with Crippen molar-refractivity contribution in [2.45, 2.75) is 58.9 Å². The Balaban J connectivity index is 2.00. The minimum atomic E-state index is 0.511. The zero-order valence-corrected chi connectivity index (χ0v) is 13.3. The summed E-state index contributed by atoms with van der Waals surface area (Å²) in [6, 6.07) is 2.62. The molecule has 2 rings (SSSR count). The van der Waals surface area contributed by atoms with Crippen LogP contribution in [-0.4, -0.2) is 29.6 Å². The topological polar surface area (TPSA) is 41.1 Å². The van der Waals surface area contributed by atoms with Gasteiger partial charge in [-0.05, 0) is 43.6 Å². The van der Waals surface area contributed by atoms with Crippen LogP contribution in [0.5, 0.6) is 0 Å². The highest BCUT2D eigenvalue weighted by Crippen LogP contribution is 2.37. The number of hydrogen-bond donors (Lipinski definition) is 1. The van der Waals surface area contributed by atoms with Crippen molar-refractivity contribution in [2.24, 2.45) is 5.41 Å². The van der Waals surface area contributed by atoms with Crippen molar-refractivity contribution < 1.29 is 0 Å². The minimum Gasteiger partial charge on any atom is -0.357 e. The first-order valence-electron chi connectivity index (χ1n) is 7.81. The number of aromatic nitrogens is 2.